The van der Waals surface area contributed by atoms with Crippen LogP contribution in [0.5, 0.6) is 0 Å². The monoisotopic (exact) mass is 388 g/mol. The van der Waals surface area contributed by atoms with Crippen molar-refractivity contribution in [3.63, 3.8) is 0 Å². The number of ether oxygens (including phenoxy) is 1. The van der Waals surface area contributed by atoms with E-state index in [1.165, 1.54) is 22.7 Å². The number of nitrogens with one attached hydrogen (secondary N) is 1. The van der Waals surface area contributed by atoms with Gasteiger partial charge in [-0.2, -0.15) is 10.2 Å². The lowest BCUT2D eigenvalue weighted by Gasteiger charge is -2.04. The number of rotatable bonds is 7. The first kappa shape index (κ1) is 17.8. The third-order valence-corrected chi connectivity index (χ3v) is 4.85. The number of amides is 1. The predicted molar refractivity (Wildman–Crippen MR) is 94.6 cm³/mol. The van der Waals surface area contributed by atoms with E-state index in [0.29, 0.717) is 22.3 Å². The second kappa shape index (κ2) is 8.37. The Balaban J connectivity index is 1.42. The molecule has 3 rings (SSSR count). The molecule has 0 atom stereocenters. The molecule has 132 valence electrons. The molecule has 0 saturated carbocycles. The number of nitrogens with zero attached hydrogens (tertiary/aromatic N) is 3. The summed E-state index contributed by atoms with van der Waals surface area (Å²) in [5.41, 5.74) is 0.368. The van der Waals surface area contributed by atoms with Crippen molar-refractivity contribution in [2.45, 2.75) is 12.8 Å². The predicted octanol–water partition coefficient (Wildman–Crippen LogP) is 2.85. The minimum absolute atomic E-state index is 0.0157. The van der Waals surface area contributed by atoms with Crippen molar-refractivity contribution in [2.24, 2.45) is 0 Å². The first-order valence-electron chi connectivity index (χ1n) is 7.45. The maximum absolute atomic E-state index is 11.8. The van der Waals surface area contributed by atoms with Crippen molar-refractivity contribution in [3.8, 4) is 16.8 Å². The van der Waals surface area contributed by atoms with Gasteiger partial charge in [0.2, 0.25) is 11.7 Å². The van der Waals surface area contributed by atoms with Crippen molar-refractivity contribution in [3.05, 3.63) is 40.4 Å². The van der Waals surface area contributed by atoms with Crippen molar-refractivity contribution in [1.82, 2.24) is 10.1 Å². The third-order valence-electron chi connectivity index (χ3n) is 3.16. The zero-order chi connectivity index (χ0) is 18.4. The zero-order valence-electron chi connectivity index (χ0n) is 13.3. The van der Waals surface area contributed by atoms with Crippen LogP contribution in [-0.2, 0) is 20.7 Å². The maximum atomic E-state index is 11.8. The van der Waals surface area contributed by atoms with E-state index >= 15 is 0 Å². The topological polar surface area (TPSA) is 118 Å². The van der Waals surface area contributed by atoms with Crippen LogP contribution < -0.4 is 5.32 Å². The van der Waals surface area contributed by atoms with Crippen molar-refractivity contribution in [1.29, 1.82) is 5.26 Å². The van der Waals surface area contributed by atoms with Crippen LogP contribution in [0.25, 0.3) is 10.7 Å². The first-order chi connectivity index (χ1) is 12.7. The average molecular weight is 388 g/mol. The summed E-state index contributed by atoms with van der Waals surface area (Å²) in [5, 5.41) is 19.3. The number of esters is 1. The van der Waals surface area contributed by atoms with Gasteiger partial charge < -0.3 is 14.6 Å². The molecule has 0 aromatic carbocycles. The normalized spacial score (nSPS) is 10.3. The highest BCUT2D eigenvalue weighted by Crippen LogP contribution is 2.22. The molecule has 3 heterocycles. The summed E-state index contributed by atoms with van der Waals surface area (Å²) in [6, 6.07) is 7.32. The van der Waals surface area contributed by atoms with Gasteiger partial charge in [0.25, 0.3) is 5.91 Å². The Morgan fingerprint density at radius 2 is 2.19 bits per heavy atom. The molecule has 0 bridgehead atoms. The standard InChI is InChI=1S/C16H12N4O4S2/c17-8-10-5-7-26-16(10)18-12(21)9-23-14(22)4-3-13-19-15(20-24-13)11-2-1-6-25-11/h1-2,5-7H,3-4,9H2,(H,18,21). The lowest BCUT2D eigenvalue weighted by Crippen LogP contribution is -2.20. The number of carbonyl (C=O) groups excluding carboxylic acids is 2. The van der Waals surface area contributed by atoms with Gasteiger partial charge in [0.15, 0.2) is 6.61 Å². The Morgan fingerprint density at radius 1 is 1.31 bits per heavy atom. The van der Waals surface area contributed by atoms with Crippen molar-refractivity contribution in [2.75, 3.05) is 11.9 Å². The molecule has 0 spiro atoms. The van der Waals surface area contributed by atoms with Gasteiger partial charge in [-0.1, -0.05) is 11.2 Å². The first-order valence-corrected chi connectivity index (χ1v) is 9.21. The van der Waals surface area contributed by atoms with E-state index in [2.05, 4.69) is 15.5 Å². The highest BCUT2D eigenvalue weighted by Gasteiger charge is 2.14. The lowest BCUT2D eigenvalue weighted by atomic mass is 10.3. The summed E-state index contributed by atoms with van der Waals surface area (Å²) in [5.74, 6) is -0.253. The number of anilines is 1. The fourth-order valence-electron chi connectivity index (χ4n) is 1.95. The molecule has 8 nitrogen and oxygen atoms in total. The van der Waals surface area contributed by atoms with Gasteiger partial charge in [0.05, 0.1) is 16.9 Å². The summed E-state index contributed by atoms with van der Waals surface area (Å²) in [6.45, 7) is -0.425. The molecule has 0 radical (unpaired) electrons. The van der Waals surface area contributed by atoms with Crippen LogP contribution in [-0.4, -0.2) is 28.6 Å². The number of aromatic nitrogens is 2. The fourth-order valence-corrected chi connectivity index (χ4v) is 3.35. The quantitative estimate of drug-likeness (QED) is 0.618. The summed E-state index contributed by atoms with van der Waals surface area (Å²) in [7, 11) is 0. The van der Waals surface area contributed by atoms with Gasteiger partial charge in [0, 0.05) is 6.42 Å². The van der Waals surface area contributed by atoms with Gasteiger partial charge in [0.1, 0.15) is 11.1 Å². The van der Waals surface area contributed by atoms with Gasteiger partial charge in [-0.15, -0.1) is 22.7 Å². The number of aryl methyl sites for hydroxylation is 1. The number of hydrogen-bond acceptors (Lipinski definition) is 9. The van der Waals surface area contributed by atoms with Crippen LogP contribution in [0.4, 0.5) is 5.00 Å². The van der Waals surface area contributed by atoms with Gasteiger partial charge in [-0.25, -0.2) is 0 Å². The number of hydrogen-bond donors (Lipinski definition) is 1. The Hall–Kier alpha value is -3.03. The van der Waals surface area contributed by atoms with Crippen LogP contribution in [0.3, 0.4) is 0 Å². The highest BCUT2D eigenvalue weighted by molar-refractivity contribution is 7.14. The van der Waals surface area contributed by atoms with E-state index in [4.69, 9.17) is 14.5 Å². The van der Waals surface area contributed by atoms with Crippen molar-refractivity contribution >= 4 is 39.6 Å². The molecule has 0 fully saturated rings. The molecule has 1 amide bonds. The fraction of sp³-hybridized carbons (Fsp3) is 0.188. The van der Waals surface area contributed by atoms with Crippen LogP contribution in [0.15, 0.2) is 33.5 Å². The molecular weight excluding hydrogens is 376 g/mol. The van der Waals surface area contributed by atoms with Crippen LogP contribution >= 0.6 is 22.7 Å². The van der Waals surface area contributed by atoms with Crippen molar-refractivity contribution < 1.29 is 18.8 Å². The van der Waals surface area contributed by atoms with E-state index in [9.17, 15) is 9.59 Å². The van der Waals surface area contributed by atoms with E-state index in [1.54, 1.807) is 11.4 Å². The summed E-state index contributed by atoms with van der Waals surface area (Å²) >= 11 is 2.71. The lowest BCUT2D eigenvalue weighted by molar-refractivity contribution is -0.147. The molecule has 10 heteroatoms. The summed E-state index contributed by atoms with van der Waals surface area (Å²) < 4.78 is 10.00. The van der Waals surface area contributed by atoms with E-state index in [1.807, 2.05) is 23.6 Å². The molecule has 3 aromatic heterocycles. The van der Waals surface area contributed by atoms with Gasteiger partial charge >= 0.3 is 5.97 Å². The molecule has 0 aliphatic carbocycles. The van der Waals surface area contributed by atoms with E-state index in [0.717, 1.165) is 4.88 Å². The molecular formula is C16H12N4O4S2. The van der Waals surface area contributed by atoms with Gasteiger partial charge in [-0.3, -0.25) is 9.59 Å². The highest BCUT2D eigenvalue weighted by atomic mass is 32.1. The smallest absolute Gasteiger partial charge is 0.306 e. The second-order valence-electron chi connectivity index (χ2n) is 4.97. The molecule has 0 aliphatic rings. The number of thiophene rings is 2. The SMILES string of the molecule is N#Cc1ccsc1NC(=O)COC(=O)CCc1nc(-c2cccs2)no1. The molecule has 3 aromatic rings. The molecule has 0 unspecified atom stereocenters. The van der Waals surface area contributed by atoms with Crippen LogP contribution in [0, 0.1) is 11.3 Å². The molecule has 0 saturated heterocycles. The van der Waals surface area contributed by atoms with Crippen LogP contribution in [0.1, 0.15) is 17.9 Å². The Labute approximate surface area is 156 Å². The maximum Gasteiger partial charge on any atom is 0.306 e. The largest absolute Gasteiger partial charge is 0.456 e. The number of nitriles is 1. The molecule has 0 aliphatic heterocycles. The van der Waals surface area contributed by atoms with Crippen LogP contribution in [0.2, 0.25) is 0 Å². The third kappa shape index (κ3) is 4.53. The molecule has 26 heavy (non-hydrogen) atoms. The second-order valence-corrected chi connectivity index (χ2v) is 6.84. The minimum atomic E-state index is -0.553. The van der Waals surface area contributed by atoms with E-state index in [-0.39, 0.29) is 12.8 Å². The summed E-state index contributed by atoms with van der Waals surface area (Å²) in [4.78, 5) is 28.6. The number of carbonyl (C=O) groups is 2. The average Bonchev–Trinajstić information content (AvgIpc) is 3.38. The Morgan fingerprint density at radius 3 is 2.96 bits per heavy atom. The summed E-state index contributed by atoms with van der Waals surface area (Å²) in [6.07, 6.45) is 0.240. The van der Waals surface area contributed by atoms with Gasteiger partial charge in [-0.05, 0) is 22.9 Å². The molecule has 1 N–H and O–H groups in total. The Kier molecular flexibility index (Phi) is 5.73. The zero-order valence-corrected chi connectivity index (χ0v) is 14.9. The Bertz CT molecular complexity index is 940. The minimum Gasteiger partial charge on any atom is -0.456 e. The van der Waals surface area contributed by atoms with E-state index < -0.39 is 18.5 Å².